The third-order valence-corrected chi connectivity index (χ3v) is 7.86. The number of ether oxygens (including phenoxy) is 1. The summed E-state index contributed by atoms with van der Waals surface area (Å²) in [6, 6.07) is 9.21. The van der Waals surface area contributed by atoms with Crippen LogP contribution in [0.2, 0.25) is 0 Å². The highest BCUT2D eigenvalue weighted by molar-refractivity contribution is 5.95. The highest BCUT2D eigenvalue weighted by Gasteiger charge is 2.91. The number of rotatable bonds is 11. The van der Waals surface area contributed by atoms with E-state index in [-0.39, 0.29) is 18.6 Å². The summed E-state index contributed by atoms with van der Waals surface area (Å²) >= 11 is 0. The number of nitrogens with zero attached hydrogens (tertiary/aromatic N) is 1. The molecule has 3 rings (SSSR count). The summed E-state index contributed by atoms with van der Waals surface area (Å²) in [6.07, 6.45) is 6.87. The lowest BCUT2D eigenvalue weighted by Crippen LogP contribution is -2.53. The third kappa shape index (κ3) is 4.32. The second-order valence-electron chi connectivity index (χ2n) is 9.91. The molecule has 2 unspecified atom stereocenters. The molecular weight excluding hydrogens is 430 g/mol. The topological polar surface area (TPSA) is 92.2 Å². The predicted molar refractivity (Wildman–Crippen MR) is 134 cm³/mol. The van der Waals surface area contributed by atoms with Crippen LogP contribution in [-0.4, -0.2) is 42.1 Å². The Morgan fingerprint density at radius 3 is 2.53 bits per heavy atom. The summed E-state index contributed by atoms with van der Waals surface area (Å²) in [5.74, 6) is 0.551. The maximum atomic E-state index is 12.6. The molecule has 3 N–H and O–H groups in total. The van der Waals surface area contributed by atoms with Crippen molar-refractivity contribution in [2.75, 3.05) is 13.7 Å². The number of aliphatic hydroxyl groups is 1. The first kappa shape index (κ1) is 26.1. The zero-order valence-electron chi connectivity index (χ0n) is 21.3. The van der Waals surface area contributed by atoms with E-state index in [2.05, 4.69) is 48.9 Å². The van der Waals surface area contributed by atoms with Gasteiger partial charge in [0, 0.05) is 18.9 Å². The van der Waals surface area contributed by atoms with Crippen molar-refractivity contribution in [3.05, 3.63) is 53.6 Å². The molecule has 7 nitrogen and oxygen atoms in total. The molecule has 2 aliphatic carbocycles. The van der Waals surface area contributed by atoms with Crippen LogP contribution in [0.3, 0.4) is 0 Å². The maximum Gasteiger partial charge on any atom is 0.238 e. The molecule has 0 aliphatic heterocycles. The molecule has 0 aromatic heterocycles. The van der Waals surface area contributed by atoms with E-state index in [4.69, 9.17) is 9.57 Å². The Morgan fingerprint density at radius 2 is 1.91 bits per heavy atom. The molecule has 1 amide bonds. The predicted octanol–water partition coefficient (Wildman–Crippen LogP) is 4.30. The minimum Gasteiger partial charge on any atom is -0.396 e. The quantitative estimate of drug-likeness (QED) is 0.255. The van der Waals surface area contributed by atoms with E-state index in [1.165, 1.54) is 5.57 Å². The van der Waals surface area contributed by atoms with Gasteiger partial charge in [-0.15, -0.1) is 0 Å². The number of oxime groups is 1. The van der Waals surface area contributed by atoms with Crippen molar-refractivity contribution >= 4 is 11.6 Å². The number of para-hydroxylation sites is 1. The van der Waals surface area contributed by atoms with Crippen LogP contribution in [0.5, 0.6) is 5.75 Å². The fourth-order valence-electron chi connectivity index (χ4n) is 5.99. The fraction of sp³-hybridized carbons (Fsp3) is 0.556. The van der Waals surface area contributed by atoms with Crippen molar-refractivity contribution < 1.29 is 19.5 Å². The van der Waals surface area contributed by atoms with Crippen LogP contribution in [0, 0.1) is 10.8 Å². The zero-order valence-corrected chi connectivity index (χ0v) is 21.3. The monoisotopic (exact) mass is 469 g/mol. The van der Waals surface area contributed by atoms with Gasteiger partial charge in [-0.1, -0.05) is 53.6 Å². The van der Waals surface area contributed by atoms with Crippen LogP contribution in [0.25, 0.3) is 0 Å². The average Bonchev–Trinajstić information content (AvgIpc) is 3.10. The summed E-state index contributed by atoms with van der Waals surface area (Å²) in [4.78, 5) is 18.2. The van der Waals surface area contributed by atoms with Gasteiger partial charge in [-0.3, -0.25) is 10.2 Å². The number of methoxy groups -OCH3 is 1. The van der Waals surface area contributed by atoms with Crippen LogP contribution in [0.15, 0.2) is 58.8 Å². The van der Waals surface area contributed by atoms with Crippen molar-refractivity contribution in [1.29, 1.82) is 0 Å². The Kier molecular flexibility index (Phi) is 8.01. The van der Waals surface area contributed by atoms with E-state index in [1.54, 1.807) is 7.11 Å². The number of aliphatic hydroxyl groups excluding tert-OH is 1. The Bertz CT molecular complexity index is 969. The minimum atomic E-state index is -0.704. The zero-order chi connectivity index (χ0) is 25.0. The number of benzene rings is 1. The van der Waals surface area contributed by atoms with Gasteiger partial charge in [0.15, 0.2) is 5.75 Å². The molecule has 0 spiro atoms. The normalized spacial score (nSPS) is 30.5. The van der Waals surface area contributed by atoms with Gasteiger partial charge >= 0.3 is 0 Å². The third-order valence-electron chi connectivity index (χ3n) is 7.86. The maximum absolute atomic E-state index is 12.6. The minimum absolute atomic E-state index is 0.0339. The van der Waals surface area contributed by atoms with Gasteiger partial charge in [-0.2, -0.15) is 0 Å². The molecule has 2 aliphatic rings. The van der Waals surface area contributed by atoms with Gasteiger partial charge in [0.2, 0.25) is 5.91 Å². The molecule has 0 saturated heterocycles. The van der Waals surface area contributed by atoms with E-state index in [9.17, 15) is 9.90 Å². The average molecular weight is 470 g/mol. The Balaban J connectivity index is 1.70. The van der Waals surface area contributed by atoms with Gasteiger partial charge in [-0.25, -0.2) is 5.43 Å². The standard InChI is InChI=1S/C27H39N3O4/c1-19(2)11-10-12-20(3)17-24(32)29-28-23-15-16-26(18-31)25(5,27(23,26)33-6)21(4)30-34-22-13-8-7-9-14-22/h7-9,11-14,23,28,31H,10,15-18H2,1-6H3,(H,29,32)/b20-12+,30-21+/t23?,25-,26?,27+/m1/s1. The van der Waals surface area contributed by atoms with Gasteiger partial charge in [0.05, 0.1) is 23.8 Å². The van der Waals surface area contributed by atoms with Gasteiger partial charge in [-0.05, 0) is 59.1 Å². The van der Waals surface area contributed by atoms with Crippen LogP contribution < -0.4 is 15.7 Å². The Labute approximate surface area is 203 Å². The smallest absolute Gasteiger partial charge is 0.238 e. The van der Waals surface area contributed by atoms with Crippen molar-refractivity contribution in [3.63, 3.8) is 0 Å². The first-order valence-electron chi connectivity index (χ1n) is 11.9. The summed E-state index contributed by atoms with van der Waals surface area (Å²) in [6.45, 7) is 10.0. The van der Waals surface area contributed by atoms with Crippen molar-refractivity contribution in [2.45, 2.75) is 71.9 Å². The van der Waals surface area contributed by atoms with Crippen molar-refractivity contribution in [3.8, 4) is 5.75 Å². The second-order valence-corrected chi connectivity index (χ2v) is 9.91. The molecule has 2 fully saturated rings. The van der Waals surface area contributed by atoms with Crippen LogP contribution in [-0.2, 0) is 9.53 Å². The number of amides is 1. The van der Waals surface area contributed by atoms with Gasteiger partial charge < -0.3 is 14.7 Å². The summed E-state index contributed by atoms with van der Waals surface area (Å²) < 4.78 is 6.13. The largest absolute Gasteiger partial charge is 0.396 e. The van der Waals surface area contributed by atoms with E-state index in [0.717, 1.165) is 30.5 Å². The number of hydrogen-bond acceptors (Lipinski definition) is 6. The molecule has 1 aromatic rings. The lowest BCUT2D eigenvalue weighted by atomic mass is 9.85. The highest BCUT2D eigenvalue weighted by atomic mass is 16.6. The molecule has 0 heterocycles. The Hall–Kier alpha value is -2.48. The molecule has 0 bridgehead atoms. The number of carbonyl (C=O) groups is 1. The van der Waals surface area contributed by atoms with E-state index < -0.39 is 16.4 Å². The molecule has 2 saturated carbocycles. The van der Waals surface area contributed by atoms with Crippen molar-refractivity contribution in [2.24, 2.45) is 16.0 Å². The highest BCUT2D eigenvalue weighted by Crippen LogP contribution is 2.80. The molecule has 1 aromatic carbocycles. The first-order chi connectivity index (χ1) is 16.2. The SMILES string of the molecule is CO[C@]12C(NNC(=O)C/C(C)=C/CC=C(C)C)CCC1(CO)[C@@]2(C)/C(C)=N/Oc1ccccc1. The Morgan fingerprint density at radius 1 is 1.21 bits per heavy atom. The number of allylic oxidation sites excluding steroid dienone is 3. The number of carbonyl (C=O) groups excluding carboxylic acids is 1. The summed E-state index contributed by atoms with van der Waals surface area (Å²) in [5, 5.41) is 14.9. The van der Waals surface area contributed by atoms with E-state index in [0.29, 0.717) is 12.2 Å². The first-order valence-corrected chi connectivity index (χ1v) is 11.9. The van der Waals surface area contributed by atoms with Crippen molar-refractivity contribution in [1.82, 2.24) is 10.9 Å². The number of hydrazine groups is 1. The van der Waals surface area contributed by atoms with Gasteiger partial charge in [0.1, 0.15) is 5.60 Å². The van der Waals surface area contributed by atoms with Crippen LogP contribution in [0.1, 0.15) is 60.3 Å². The lowest BCUT2D eigenvalue weighted by molar-refractivity contribution is -0.122. The number of nitrogens with one attached hydrogen (secondary N) is 2. The second kappa shape index (κ2) is 10.4. The molecule has 4 atom stereocenters. The number of fused-ring (bicyclic) bond motifs is 1. The summed E-state index contributed by atoms with van der Waals surface area (Å²) in [5.41, 5.74) is 7.37. The van der Waals surface area contributed by atoms with E-state index in [1.807, 2.05) is 44.2 Å². The molecule has 186 valence electrons. The molecule has 7 heteroatoms. The van der Waals surface area contributed by atoms with Gasteiger partial charge in [0.25, 0.3) is 0 Å². The number of hydrogen-bond donors (Lipinski definition) is 3. The molecule has 34 heavy (non-hydrogen) atoms. The van der Waals surface area contributed by atoms with E-state index >= 15 is 0 Å². The van der Waals surface area contributed by atoms with Crippen LogP contribution in [0.4, 0.5) is 0 Å². The molecule has 0 radical (unpaired) electrons. The fourth-order valence-corrected chi connectivity index (χ4v) is 5.99. The summed E-state index contributed by atoms with van der Waals surface area (Å²) in [7, 11) is 1.67. The van der Waals surface area contributed by atoms with Crippen LogP contribution >= 0.6 is 0 Å². The lowest BCUT2D eigenvalue weighted by Gasteiger charge is -2.29. The molecular formula is C27H39N3O4.